The molecule has 0 aromatic rings. The molecular weight excluding hydrogens is 490 g/mol. The van der Waals surface area contributed by atoms with Crippen LogP contribution in [0.5, 0.6) is 0 Å². The zero-order valence-corrected chi connectivity index (χ0v) is 26.8. The molecule has 1 saturated heterocycles. The van der Waals surface area contributed by atoms with Gasteiger partial charge < -0.3 is 9.47 Å². The molecule has 4 saturated carbocycles. The Hall–Kier alpha value is 0.780. The van der Waals surface area contributed by atoms with Crippen LogP contribution in [-0.4, -0.2) is 51.9 Å². The predicted molar refractivity (Wildman–Crippen MR) is 164 cm³/mol. The zero-order chi connectivity index (χ0) is 25.8. The van der Waals surface area contributed by atoms with E-state index in [0.717, 1.165) is 22.6 Å². The molecule has 4 heteroatoms. The predicted octanol–water partition coefficient (Wildman–Crippen LogP) is 10.6. The quantitative estimate of drug-likeness (QED) is 0.280. The van der Waals surface area contributed by atoms with Crippen LogP contribution in [0.1, 0.15) is 156 Å². The van der Waals surface area contributed by atoms with Crippen molar-refractivity contribution in [1.29, 1.82) is 0 Å². The minimum atomic E-state index is -0.419. The average molecular weight is 551 g/mol. The molecule has 0 amide bonds. The number of ether oxygens (including phenoxy) is 2. The summed E-state index contributed by atoms with van der Waals surface area (Å²) in [5.41, 5.74) is 5.33. The lowest BCUT2D eigenvalue weighted by molar-refractivity contribution is -0.145. The Morgan fingerprint density at radius 3 is 0.946 bits per heavy atom. The summed E-state index contributed by atoms with van der Waals surface area (Å²) in [7, 11) is -0.0162. The van der Waals surface area contributed by atoms with Crippen molar-refractivity contribution >= 4 is 15.8 Å². The molecule has 5 rings (SSSR count). The topological polar surface area (TPSA) is 18.5 Å². The lowest BCUT2D eigenvalue weighted by Crippen LogP contribution is -2.43. The van der Waals surface area contributed by atoms with E-state index in [1.54, 1.807) is 0 Å². The maximum absolute atomic E-state index is 7.04. The molecule has 0 N–H and O–H groups in total. The van der Waals surface area contributed by atoms with Gasteiger partial charge in [0.1, 0.15) is 0 Å². The van der Waals surface area contributed by atoms with Gasteiger partial charge in [-0.1, -0.05) is 107 Å². The Morgan fingerprint density at radius 1 is 0.459 bits per heavy atom. The van der Waals surface area contributed by atoms with E-state index in [-0.39, 0.29) is 15.8 Å². The Labute approximate surface area is 233 Å². The summed E-state index contributed by atoms with van der Waals surface area (Å²) in [4.78, 5) is 0. The summed E-state index contributed by atoms with van der Waals surface area (Å²) in [5, 5.41) is 0. The molecule has 5 fully saturated rings. The van der Waals surface area contributed by atoms with Crippen LogP contribution in [0.3, 0.4) is 0 Å². The van der Waals surface area contributed by atoms with E-state index in [1.165, 1.54) is 128 Å². The summed E-state index contributed by atoms with van der Waals surface area (Å²) in [6, 6.07) is 0. The molecule has 0 aromatic carbocycles. The van der Waals surface area contributed by atoms with Crippen molar-refractivity contribution < 1.29 is 9.47 Å². The smallest absolute Gasteiger partial charge is 0.163 e. The fourth-order valence-electron chi connectivity index (χ4n) is 9.35. The molecule has 0 aromatic heterocycles. The van der Waals surface area contributed by atoms with Crippen LogP contribution >= 0.6 is 15.8 Å². The summed E-state index contributed by atoms with van der Waals surface area (Å²) < 4.78 is 14.1. The molecule has 0 spiro atoms. The molecule has 4 atom stereocenters. The zero-order valence-electron chi connectivity index (χ0n) is 25.0. The first-order valence-corrected chi connectivity index (χ1v) is 19.9. The van der Waals surface area contributed by atoms with Crippen molar-refractivity contribution in [3.05, 3.63) is 0 Å². The van der Waals surface area contributed by atoms with Gasteiger partial charge in [-0.25, -0.2) is 0 Å². The Bertz CT molecular complexity index is 582. The van der Waals surface area contributed by atoms with E-state index in [2.05, 4.69) is 27.7 Å². The van der Waals surface area contributed by atoms with Crippen molar-refractivity contribution in [2.24, 2.45) is 0 Å². The summed E-state index contributed by atoms with van der Waals surface area (Å²) in [5.74, 6) is -0.419. The second-order valence-electron chi connectivity index (χ2n) is 14.1. The second kappa shape index (κ2) is 13.6. The molecule has 0 bridgehead atoms. The van der Waals surface area contributed by atoms with Gasteiger partial charge in [0, 0.05) is 11.3 Å². The highest BCUT2D eigenvalue weighted by Gasteiger charge is 2.52. The Balaban J connectivity index is 1.40. The average Bonchev–Trinajstić information content (AvgIpc) is 3.27. The maximum atomic E-state index is 7.04. The van der Waals surface area contributed by atoms with E-state index in [4.69, 9.17) is 9.47 Å². The largest absolute Gasteiger partial charge is 0.344 e. The number of hydrogen-bond donors (Lipinski definition) is 0. The van der Waals surface area contributed by atoms with Crippen LogP contribution in [-0.2, 0) is 9.47 Å². The summed E-state index contributed by atoms with van der Waals surface area (Å²) in [6.45, 7) is 9.75. The van der Waals surface area contributed by atoms with Gasteiger partial charge in [0.05, 0.1) is 12.2 Å². The van der Waals surface area contributed by atoms with Gasteiger partial charge >= 0.3 is 0 Å². The van der Waals surface area contributed by atoms with Gasteiger partial charge in [-0.3, -0.25) is 0 Å². The maximum Gasteiger partial charge on any atom is 0.163 e. The van der Waals surface area contributed by atoms with Gasteiger partial charge in [-0.05, 0) is 87.9 Å². The molecule has 4 unspecified atom stereocenters. The van der Waals surface area contributed by atoms with Crippen molar-refractivity contribution in [3.8, 4) is 0 Å². The van der Waals surface area contributed by atoms with Gasteiger partial charge in [0.15, 0.2) is 5.79 Å². The van der Waals surface area contributed by atoms with Crippen LogP contribution in [0.2, 0.25) is 0 Å². The first-order chi connectivity index (χ1) is 17.9. The van der Waals surface area contributed by atoms with Gasteiger partial charge in [0.25, 0.3) is 0 Å². The van der Waals surface area contributed by atoms with Crippen LogP contribution in [0.15, 0.2) is 0 Å². The highest BCUT2D eigenvalue weighted by molar-refractivity contribution is 7.60. The van der Waals surface area contributed by atoms with E-state index < -0.39 is 5.79 Å². The first kappa shape index (κ1) is 29.3. The highest BCUT2D eigenvalue weighted by Crippen LogP contribution is 2.64. The SMILES string of the molecule is CC(C1OC(C)(C)OC1C(C)P(C1CCCCC1)C1CCCCC1)P(C1CCCCC1)C1CCCCC1. The molecule has 2 nitrogen and oxygen atoms in total. The molecule has 1 heterocycles. The molecule has 214 valence electrons. The first-order valence-electron chi connectivity index (χ1n) is 16.8. The monoisotopic (exact) mass is 550 g/mol. The van der Waals surface area contributed by atoms with Crippen molar-refractivity contribution in [2.45, 2.75) is 208 Å². The van der Waals surface area contributed by atoms with Gasteiger partial charge in [-0.2, -0.15) is 0 Å². The van der Waals surface area contributed by atoms with Gasteiger partial charge in [-0.15, -0.1) is 0 Å². The normalized spacial score (nSPS) is 33.2. The molecule has 4 aliphatic carbocycles. The fraction of sp³-hybridized carbons (Fsp3) is 1.00. The second-order valence-corrected chi connectivity index (χ2v) is 20.4. The third-order valence-corrected chi connectivity index (χ3v) is 18.9. The van der Waals surface area contributed by atoms with Crippen LogP contribution in [0, 0.1) is 0 Å². The molecule has 37 heavy (non-hydrogen) atoms. The van der Waals surface area contributed by atoms with Crippen molar-refractivity contribution in [3.63, 3.8) is 0 Å². The Morgan fingerprint density at radius 2 is 0.703 bits per heavy atom. The third kappa shape index (κ3) is 7.17. The molecule has 1 aliphatic heterocycles. The minimum Gasteiger partial charge on any atom is -0.344 e. The van der Waals surface area contributed by atoms with Crippen LogP contribution in [0.25, 0.3) is 0 Å². The van der Waals surface area contributed by atoms with E-state index in [1.807, 2.05) is 0 Å². The van der Waals surface area contributed by atoms with E-state index in [9.17, 15) is 0 Å². The highest BCUT2D eigenvalue weighted by atomic mass is 31.1. The van der Waals surface area contributed by atoms with E-state index in [0.29, 0.717) is 23.5 Å². The van der Waals surface area contributed by atoms with Crippen molar-refractivity contribution in [1.82, 2.24) is 0 Å². The van der Waals surface area contributed by atoms with Crippen LogP contribution in [0.4, 0.5) is 0 Å². The number of hydrogen-bond acceptors (Lipinski definition) is 2. The number of rotatable bonds is 8. The lowest BCUT2D eigenvalue weighted by atomic mass is 9.99. The summed E-state index contributed by atoms with van der Waals surface area (Å²) >= 11 is 0. The standard InChI is InChI=1S/C33H60O2P2/c1-25(36(27-17-9-5-10-18-27)28-19-11-6-12-20-28)31-32(35-33(3,4)34-31)26(2)37(29-21-13-7-14-22-29)30-23-15-8-16-24-30/h25-32H,5-24H2,1-4H3. The minimum absolute atomic E-state index is 0.00810. The van der Waals surface area contributed by atoms with E-state index >= 15 is 0 Å². The van der Waals surface area contributed by atoms with Crippen LogP contribution < -0.4 is 0 Å². The Kier molecular flexibility index (Phi) is 10.8. The molecule has 0 radical (unpaired) electrons. The van der Waals surface area contributed by atoms with Gasteiger partial charge in [0.2, 0.25) is 0 Å². The fourth-order valence-corrected chi connectivity index (χ4v) is 18.2. The van der Waals surface area contributed by atoms with Crippen molar-refractivity contribution in [2.75, 3.05) is 0 Å². The third-order valence-electron chi connectivity index (χ3n) is 11.0. The molecular formula is C33H60O2P2. The summed E-state index contributed by atoms with van der Waals surface area (Å²) in [6.07, 6.45) is 30.4. The molecule has 5 aliphatic rings. The lowest BCUT2D eigenvalue weighted by Gasteiger charge is -2.47.